The molecule has 7 heteroatoms. The van der Waals surface area contributed by atoms with Gasteiger partial charge in [0, 0.05) is 64.6 Å². The van der Waals surface area contributed by atoms with E-state index in [1.807, 2.05) is 28.9 Å². The summed E-state index contributed by atoms with van der Waals surface area (Å²) in [5, 5.41) is 0. The van der Waals surface area contributed by atoms with Gasteiger partial charge in [0.1, 0.15) is 0 Å². The van der Waals surface area contributed by atoms with Crippen LogP contribution in [0.25, 0.3) is 0 Å². The van der Waals surface area contributed by atoms with E-state index < -0.39 is 0 Å². The quantitative estimate of drug-likeness (QED) is 0.712. The topological polar surface area (TPSA) is 66.0 Å². The smallest absolute Gasteiger partial charge is 0.227 e. The largest absolute Gasteiger partial charge is 0.379 e. The fourth-order valence-electron chi connectivity index (χ4n) is 3.73. The summed E-state index contributed by atoms with van der Waals surface area (Å²) in [5.41, 5.74) is 1.08. The van der Waals surface area contributed by atoms with Crippen molar-refractivity contribution >= 4 is 11.8 Å². The SMILES string of the molecule is CCN(Cc1ccncc1)C(=O)C1CCC(=O)N(CCN2CCOCC2)C1. The lowest BCUT2D eigenvalue weighted by Gasteiger charge is -2.36. The first-order valence-corrected chi connectivity index (χ1v) is 9.93. The van der Waals surface area contributed by atoms with Crippen molar-refractivity contribution in [2.45, 2.75) is 26.3 Å². The molecule has 3 heterocycles. The van der Waals surface area contributed by atoms with Crippen LogP contribution >= 0.6 is 0 Å². The zero-order valence-electron chi connectivity index (χ0n) is 16.2. The Balaban J connectivity index is 1.54. The minimum atomic E-state index is -0.103. The fraction of sp³-hybridized carbons (Fsp3) is 0.650. The van der Waals surface area contributed by atoms with E-state index in [-0.39, 0.29) is 17.7 Å². The summed E-state index contributed by atoms with van der Waals surface area (Å²) in [7, 11) is 0. The molecule has 1 aromatic rings. The van der Waals surface area contributed by atoms with E-state index in [2.05, 4.69) is 9.88 Å². The molecule has 1 unspecified atom stereocenters. The highest BCUT2D eigenvalue weighted by Gasteiger charge is 2.32. The molecule has 1 atom stereocenters. The molecule has 0 N–H and O–H groups in total. The second-order valence-corrected chi connectivity index (χ2v) is 7.24. The van der Waals surface area contributed by atoms with Crippen LogP contribution in [0.2, 0.25) is 0 Å². The Morgan fingerprint density at radius 1 is 1.26 bits per heavy atom. The van der Waals surface area contributed by atoms with Crippen molar-refractivity contribution < 1.29 is 14.3 Å². The molecule has 2 fully saturated rings. The van der Waals surface area contributed by atoms with Crippen LogP contribution in [0.3, 0.4) is 0 Å². The normalized spacial score (nSPS) is 21.3. The molecule has 0 radical (unpaired) electrons. The van der Waals surface area contributed by atoms with Gasteiger partial charge in [-0.1, -0.05) is 0 Å². The van der Waals surface area contributed by atoms with Crippen LogP contribution in [0.4, 0.5) is 0 Å². The Hall–Kier alpha value is -1.99. The number of morpholine rings is 1. The van der Waals surface area contributed by atoms with Crippen LogP contribution in [0, 0.1) is 5.92 Å². The predicted molar refractivity (Wildman–Crippen MR) is 102 cm³/mol. The fourth-order valence-corrected chi connectivity index (χ4v) is 3.73. The highest BCUT2D eigenvalue weighted by atomic mass is 16.5. The van der Waals surface area contributed by atoms with E-state index in [0.29, 0.717) is 39.0 Å². The Morgan fingerprint density at radius 2 is 2.00 bits per heavy atom. The Labute approximate surface area is 161 Å². The van der Waals surface area contributed by atoms with Gasteiger partial charge in [0.25, 0.3) is 0 Å². The second-order valence-electron chi connectivity index (χ2n) is 7.24. The number of nitrogens with zero attached hydrogens (tertiary/aromatic N) is 4. The van der Waals surface area contributed by atoms with Crippen molar-refractivity contribution in [3.63, 3.8) is 0 Å². The Bertz CT molecular complexity index is 619. The lowest BCUT2D eigenvalue weighted by Crippen LogP contribution is -2.49. The summed E-state index contributed by atoms with van der Waals surface area (Å²) in [6.07, 6.45) is 4.62. The average Bonchev–Trinajstić information content (AvgIpc) is 2.72. The number of piperidine rings is 1. The molecule has 2 aliphatic heterocycles. The number of carbonyl (C=O) groups excluding carboxylic acids is 2. The number of amides is 2. The van der Waals surface area contributed by atoms with Gasteiger partial charge < -0.3 is 14.5 Å². The van der Waals surface area contributed by atoms with E-state index in [9.17, 15) is 9.59 Å². The third-order valence-corrected chi connectivity index (χ3v) is 5.46. The van der Waals surface area contributed by atoms with Gasteiger partial charge >= 0.3 is 0 Å². The van der Waals surface area contributed by atoms with Crippen LogP contribution in [-0.2, 0) is 20.9 Å². The number of hydrogen-bond donors (Lipinski definition) is 0. The number of pyridine rings is 1. The molecule has 1 aromatic heterocycles. The van der Waals surface area contributed by atoms with Gasteiger partial charge in [-0.15, -0.1) is 0 Å². The van der Waals surface area contributed by atoms with Gasteiger partial charge in [0.2, 0.25) is 11.8 Å². The molecule has 0 bridgehead atoms. The molecular formula is C20H30N4O3. The van der Waals surface area contributed by atoms with Gasteiger partial charge in [-0.25, -0.2) is 0 Å². The minimum absolute atomic E-state index is 0.103. The van der Waals surface area contributed by atoms with E-state index in [0.717, 1.165) is 38.4 Å². The second kappa shape index (κ2) is 9.80. The lowest BCUT2D eigenvalue weighted by molar-refractivity contribution is -0.143. The highest BCUT2D eigenvalue weighted by Crippen LogP contribution is 2.21. The average molecular weight is 374 g/mol. The third-order valence-electron chi connectivity index (χ3n) is 5.46. The van der Waals surface area contributed by atoms with Gasteiger partial charge in [-0.2, -0.15) is 0 Å². The summed E-state index contributed by atoms with van der Waals surface area (Å²) in [6, 6.07) is 3.88. The van der Waals surface area contributed by atoms with Crippen molar-refractivity contribution in [2.75, 3.05) is 52.5 Å². The Morgan fingerprint density at radius 3 is 2.70 bits per heavy atom. The monoisotopic (exact) mass is 374 g/mol. The predicted octanol–water partition coefficient (Wildman–Crippen LogP) is 1.00. The Kier molecular flexibility index (Phi) is 7.18. The van der Waals surface area contributed by atoms with E-state index in [1.54, 1.807) is 12.4 Å². The molecule has 148 valence electrons. The van der Waals surface area contributed by atoms with Crippen LogP contribution in [0.5, 0.6) is 0 Å². The summed E-state index contributed by atoms with van der Waals surface area (Å²) in [4.78, 5) is 35.5. The van der Waals surface area contributed by atoms with Gasteiger partial charge in [0.05, 0.1) is 19.1 Å². The summed E-state index contributed by atoms with van der Waals surface area (Å²) < 4.78 is 5.37. The molecule has 0 aliphatic carbocycles. The van der Waals surface area contributed by atoms with E-state index in [4.69, 9.17) is 4.74 Å². The summed E-state index contributed by atoms with van der Waals surface area (Å²) >= 11 is 0. The number of rotatable bonds is 7. The van der Waals surface area contributed by atoms with Gasteiger partial charge in [0.15, 0.2) is 0 Å². The van der Waals surface area contributed by atoms with Gasteiger partial charge in [-0.3, -0.25) is 19.5 Å². The summed E-state index contributed by atoms with van der Waals surface area (Å²) in [5.74, 6) is 0.219. The summed E-state index contributed by atoms with van der Waals surface area (Å²) in [6.45, 7) is 8.70. The molecular weight excluding hydrogens is 344 g/mol. The molecule has 2 amide bonds. The number of aromatic nitrogens is 1. The molecule has 0 aromatic carbocycles. The molecule has 0 saturated carbocycles. The first-order valence-electron chi connectivity index (χ1n) is 9.93. The standard InChI is InChI=1S/C20H30N4O3/c1-2-23(15-17-5-7-21-8-6-17)20(26)18-3-4-19(25)24(16-18)10-9-22-11-13-27-14-12-22/h5-8,18H,2-4,9-16H2,1H3. The zero-order chi connectivity index (χ0) is 19.1. The van der Waals surface area contributed by atoms with Crippen LogP contribution in [-0.4, -0.2) is 84.0 Å². The maximum absolute atomic E-state index is 13.0. The van der Waals surface area contributed by atoms with Crippen molar-refractivity contribution in [1.29, 1.82) is 0 Å². The van der Waals surface area contributed by atoms with E-state index >= 15 is 0 Å². The van der Waals surface area contributed by atoms with E-state index in [1.165, 1.54) is 0 Å². The number of hydrogen-bond acceptors (Lipinski definition) is 5. The number of carbonyl (C=O) groups is 2. The highest BCUT2D eigenvalue weighted by molar-refractivity contribution is 5.83. The van der Waals surface area contributed by atoms with Gasteiger partial charge in [-0.05, 0) is 31.0 Å². The first-order chi connectivity index (χ1) is 13.2. The molecule has 0 spiro atoms. The molecule has 3 rings (SSSR count). The maximum Gasteiger partial charge on any atom is 0.227 e. The lowest BCUT2D eigenvalue weighted by atomic mass is 9.95. The maximum atomic E-state index is 13.0. The zero-order valence-corrected chi connectivity index (χ0v) is 16.2. The number of likely N-dealkylation sites (tertiary alicyclic amines) is 1. The van der Waals surface area contributed by atoms with Crippen molar-refractivity contribution in [3.8, 4) is 0 Å². The molecule has 7 nitrogen and oxygen atoms in total. The molecule has 2 aliphatic rings. The third kappa shape index (κ3) is 5.49. The molecule has 27 heavy (non-hydrogen) atoms. The first kappa shape index (κ1) is 19.8. The minimum Gasteiger partial charge on any atom is -0.379 e. The van der Waals surface area contributed by atoms with Crippen LogP contribution in [0.15, 0.2) is 24.5 Å². The van der Waals surface area contributed by atoms with Crippen molar-refractivity contribution in [1.82, 2.24) is 19.7 Å². The van der Waals surface area contributed by atoms with Crippen LogP contribution in [0.1, 0.15) is 25.3 Å². The van der Waals surface area contributed by atoms with Crippen LogP contribution < -0.4 is 0 Å². The molecule has 2 saturated heterocycles. The number of ether oxygens (including phenoxy) is 1. The van der Waals surface area contributed by atoms with Crippen molar-refractivity contribution in [2.24, 2.45) is 5.92 Å². The van der Waals surface area contributed by atoms with Crippen molar-refractivity contribution in [3.05, 3.63) is 30.1 Å².